The van der Waals surface area contributed by atoms with Gasteiger partial charge < -0.3 is 9.43 Å². The Labute approximate surface area is 58.0 Å². The molecule has 0 aromatic rings. The minimum absolute atomic E-state index is 0.240. The van der Waals surface area contributed by atoms with Gasteiger partial charge in [-0.05, 0) is 0 Å². The van der Waals surface area contributed by atoms with Crippen molar-refractivity contribution in [1.82, 2.24) is 9.43 Å². The Bertz CT molecular complexity index is 41.9. The average Bonchev–Trinajstić information content (AvgIpc) is 1.61. The van der Waals surface area contributed by atoms with Crippen LogP contribution in [0.15, 0.2) is 0 Å². The quantitative estimate of drug-likeness (QED) is 0.343. The fourth-order valence-electron chi connectivity index (χ4n) is 0.217. The van der Waals surface area contributed by atoms with E-state index in [4.69, 9.17) is 11.5 Å². The van der Waals surface area contributed by atoms with Crippen LogP contribution in [0.3, 0.4) is 0 Å². The van der Waals surface area contributed by atoms with Crippen LogP contribution in [0.1, 0.15) is 0 Å². The number of nitrogens with one attached hydrogen (secondary N) is 1. The molecule has 1 radical (unpaired) electrons. The van der Waals surface area contributed by atoms with Crippen LogP contribution in [-0.2, 0) is 0 Å². The van der Waals surface area contributed by atoms with E-state index in [0.717, 1.165) is 20.8 Å². The molecule has 1 N–H and O–H groups in total. The zero-order chi connectivity index (χ0) is 5.70. The molecule has 7 heavy (non-hydrogen) atoms. The first-order chi connectivity index (χ1) is 3.27. The molecule has 0 fully saturated rings. The lowest BCUT2D eigenvalue weighted by atomic mass is 10.7. The van der Waals surface area contributed by atoms with Crippen LogP contribution in [0.5, 0.6) is 0 Å². The number of hydrogen-bond acceptors (Lipinski definition) is 2. The van der Waals surface area contributed by atoms with Crippen LogP contribution >= 0.6 is 11.5 Å². The molecule has 0 aliphatic rings. The Morgan fingerprint density at radius 1 is 1.71 bits per heavy atom. The summed E-state index contributed by atoms with van der Waals surface area (Å²) in [7, 11) is 2.01. The molecule has 0 saturated carbocycles. The molecule has 0 bridgehead atoms. The highest BCUT2D eigenvalue weighted by Crippen LogP contribution is 1.60. The predicted molar refractivity (Wildman–Crippen MR) is 45.0 cm³/mol. The van der Waals surface area contributed by atoms with Gasteiger partial charge in [0, 0.05) is 0 Å². The number of hydrogen-bond donors (Lipinski definition) is 1. The molecule has 7 heteroatoms. The fraction of sp³-hybridized carbons (Fsp3) is 0. The molecule has 0 aromatic heterocycles. The highest BCUT2D eigenvalue weighted by Gasteiger charge is 1.85. The van der Waals surface area contributed by atoms with Crippen LogP contribution < -0.4 is 5.09 Å². The Morgan fingerprint density at radius 2 is 2.29 bits per heavy atom. The zero-order valence-corrected chi connectivity index (χ0v) is 10.8. The van der Waals surface area contributed by atoms with Crippen molar-refractivity contribution in [3.63, 3.8) is 0 Å². The van der Waals surface area contributed by atoms with Crippen LogP contribution in [0.25, 0.3) is 0 Å². The lowest BCUT2D eigenvalue weighted by molar-refractivity contribution is 0.674. The van der Waals surface area contributed by atoms with E-state index in [1.807, 2.05) is 0 Å². The summed E-state index contributed by atoms with van der Waals surface area (Å²) in [6.45, 7) is 0. The zero-order valence-electron chi connectivity index (χ0n) is 4.61. The first-order valence-corrected chi connectivity index (χ1v) is 5.85. The molecule has 0 aliphatic carbocycles. The Kier molecular flexibility index (Phi) is 5.74. The predicted octanol–water partition coefficient (Wildman–Crippen LogP) is -3.79. The summed E-state index contributed by atoms with van der Waals surface area (Å²) in [6, 6.07) is 0. The third-order valence-electron chi connectivity index (χ3n) is 0.485. The van der Waals surface area contributed by atoms with E-state index >= 15 is 0 Å². The largest absolute Gasteiger partial charge is 0.312 e. The van der Waals surface area contributed by atoms with Gasteiger partial charge in [-0.1, -0.05) is 0 Å². The Balaban J connectivity index is 2.68. The third-order valence-corrected chi connectivity index (χ3v) is 3.81. The molecule has 2 nitrogen and oxygen atoms in total. The topological polar surface area (TPSA) is 15.3 Å². The van der Waals surface area contributed by atoms with E-state index in [-0.39, 0.29) is 9.55 Å². The molecule has 0 unspecified atom stereocenters. The fourth-order valence-corrected chi connectivity index (χ4v) is 1.95. The van der Waals surface area contributed by atoms with Gasteiger partial charge in [0.2, 0.25) is 6.29 Å². The maximum atomic E-state index is 5.32. The van der Waals surface area contributed by atoms with Gasteiger partial charge in [-0.25, -0.2) is 11.5 Å². The van der Waals surface area contributed by atoms with Gasteiger partial charge in [-0.15, -0.1) is 0 Å². The molecule has 0 amide bonds. The molecular formula is H9BClN2Si3. The number of rotatable bonds is 3. The second kappa shape index (κ2) is 5.07. The van der Waals surface area contributed by atoms with Crippen molar-refractivity contribution in [2.75, 3.05) is 0 Å². The smallest absolute Gasteiger partial charge is 0.240 e. The first-order valence-electron chi connectivity index (χ1n) is 2.10. The van der Waals surface area contributed by atoms with Crippen LogP contribution in [0, 0.1) is 0 Å². The lowest BCUT2D eigenvalue weighted by Crippen LogP contribution is -2.37. The van der Waals surface area contributed by atoms with Crippen LogP contribution in [0.2, 0.25) is 0 Å². The van der Waals surface area contributed by atoms with E-state index in [1.165, 1.54) is 0 Å². The van der Waals surface area contributed by atoms with Gasteiger partial charge in [-0.2, -0.15) is 0 Å². The van der Waals surface area contributed by atoms with Crippen molar-refractivity contribution >= 4 is 48.1 Å². The second-order valence-electron chi connectivity index (χ2n) is 1.41. The first kappa shape index (κ1) is 7.93. The highest BCUT2D eigenvalue weighted by molar-refractivity contribution is 7.25. The normalized spacial score (nSPS) is 12.3. The van der Waals surface area contributed by atoms with Gasteiger partial charge in [0.15, 0.2) is 0 Å². The van der Waals surface area contributed by atoms with Gasteiger partial charge in [0.25, 0.3) is 0 Å². The molecule has 41 valence electrons. The van der Waals surface area contributed by atoms with E-state index in [9.17, 15) is 0 Å². The van der Waals surface area contributed by atoms with Crippen molar-refractivity contribution in [2.24, 2.45) is 0 Å². The summed E-state index contributed by atoms with van der Waals surface area (Å²) in [5.41, 5.74) is 0. The maximum absolute atomic E-state index is 5.32. The van der Waals surface area contributed by atoms with Crippen molar-refractivity contribution in [2.45, 2.75) is 0 Å². The monoisotopic (exact) mass is 167 g/mol. The van der Waals surface area contributed by atoms with Gasteiger partial charge >= 0.3 is 0 Å². The standard InChI is InChI=1S/BClH9N2Si3/c2-1-7-3-4(5)6/h3H,7H2,5-6H3. The van der Waals surface area contributed by atoms with Crippen LogP contribution in [-0.4, -0.2) is 41.0 Å². The summed E-state index contributed by atoms with van der Waals surface area (Å²) in [5.74, 6) is 0. The summed E-state index contributed by atoms with van der Waals surface area (Å²) in [6.07, 6.45) is 1.72. The SMILES string of the molecule is [SiH3]N([SiH3])N[SiH2][B]Cl. The second-order valence-corrected chi connectivity index (χ2v) is 7.84. The van der Waals surface area contributed by atoms with Crippen molar-refractivity contribution in [3.8, 4) is 0 Å². The molecule has 0 aliphatic heterocycles. The molecule has 0 spiro atoms. The third kappa shape index (κ3) is 6.93. The van der Waals surface area contributed by atoms with E-state index in [1.54, 1.807) is 6.29 Å². The molecular weight excluding hydrogens is 159 g/mol. The summed E-state index contributed by atoms with van der Waals surface area (Å²) in [5, 5.41) is 3.20. The minimum atomic E-state index is -0.240. The van der Waals surface area contributed by atoms with E-state index < -0.39 is 0 Å². The molecule has 0 rings (SSSR count). The van der Waals surface area contributed by atoms with Crippen molar-refractivity contribution in [3.05, 3.63) is 0 Å². The van der Waals surface area contributed by atoms with Crippen molar-refractivity contribution < 1.29 is 0 Å². The van der Waals surface area contributed by atoms with Crippen LogP contribution in [0.4, 0.5) is 0 Å². The summed E-state index contributed by atoms with van der Waals surface area (Å²) < 4.78 is 2.19. The van der Waals surface area contributed by atoms with Gasteiger partial charge in [0.05, 0.1) is 30.4 Å². The Hall–Kier alpha value is 0.926. The number of halogens is 1. The number of hydrazine groups is 1. The van der Waals surface area contributed by atoms with Crippen molar-refractivity contribution in [1.29, 1.82) is 0 Å². The molecule has 0 saturated heterocycles. The van der Waals surface area contributed by atoms with Gasteiger partial charge in [0.1, 0.15) is 0 Å². The van der Waals surface area contributed by atoms with E-state index in [0.29, 0.717) is 0 Å². The number of nitrogens with zero attached hydrogens (tertiary/aromatic N) is 1. The molecule has 0 aromatic carbocycles. The maximum Gasteiger partial charge on any atom is 0.240 e. The molecule has 0 heterocycles. The minimum Gasteiger partial charge on any atom is -0.312 e. The average molecular weight is 168 g/mol. The molecule has 0 atom stereocenters. The highest BCUT2D eigenvalue weighted by atomic mass is 35.5. The summed E-state index contributed by atoms with van der Waals surface area (Å²) in [4.78, 5) is 0. The Morgan fingerprint density at radius 3 is 2.43 bits per heavy atom. The van der Waals surface area contributed by atoms with E-state index in [2.05, 4.69) is 9.43 Å². The summed E-state index contributed by atoms with van der Waals surface area (Å²) >= 11 is 5.32. The lowest BCUT2D eigenvalue weighted by Gasteiger charge is -2.09. The van der Waals surface area contributed by atoms with Gasteiger partial charge in [-0.3, -0.25) is 0 Å².